The maximum Gasteiger partial charge on any atom is 0.243 e. The molecule has 1 atom stereocenters. The SMILES string of the molecule is COc1ccc(S(=O)(=O)N2CCCC(C(=O)Nc3cc(Cl)ccc3Cl)C2)cc1Cl. The fourth-order valence-electron chi connectivity index (χ4n) is 3.16. The molecule has 1 aliphatic rings. The smallest absolute Gasteiger partial charge is 0.243 e. The molecule has 1 unspecified atom stereocenters. The molecular formula is C19H19Cl3N2O4S. The Labute approximate surface area is 184 Å². The van der Waals surface area contributed by atoms with Gasteiger partial charge in [0.25, 0.3) is 0 Å². The number of ether oxygens (including phenoxy) is 1. The number of nitrogens with one attached hydrogen (secondary N) is 1. The molecule has 156 valence electrons. The van der Waals surface area contributed by atoms with E-state index < -0.39 is 15.9 Å². The average molecular weight is 478 g/mol. The van der Waals surface area contributed by atoms with Crippen molar-refractivity contribution in [1.82, 2.24) is 4.31 Å². The lowest BCUT2D eigenvalue weighted by Crippen LogP contribution is -2.43. The Morgan fingerprint density at radius 3 is 2.59 bits per heavy atom. The van der Waals surface area contributed by atoms with Gasteiger partial charge in [0.1, 0.15) is 5.75 Å². The highest BCUT2D eigenvalue weighted by Crippen LogP contribution is 2.31. The average Bonchev–Trinajstić information content (AvgIpc) is 2.70. The lowest BCUT2D eigenvalue weighted by molar-refractivity contribution is -0.120. The molecule has 0 bridgehead atoms. The van der Waals surface area contributed by atoms with Gasteiger partial charge in [-0.15, -0.1) is 0 Å². The van der Waals surface area contributed by atoms with Gasteiger partial charge in [0, 0.05) is 18.1 Å². The molecule has 1 N–H and O–H groups in total. The Hall–Kier alpha value is -1.51. The minimum Gasteiger partial charge on any atom is -0.495 e. The number of carbonyl (C=O) groups is 1. The summed E-state index contributed by atoms with van der Waals surface area (Å²) < 4.78 is 32.4. The van der Waals surface area contributed by atoms with Crippen LogP contribution in [0.4, 0.5) is 5.69 Å². The number of amides is 1. The number of piperidine rings is 1. The van der Waals surface area contributed by atoms with E-state index >= 15 is 0 Å². The fourth-order valence-corrected chi connectivity index (χ4v) is 5.37. The maximum absolute atomic E-state index is 13.0. The van der Waals surface area contributed by atoms with Crippen molar-refractivity contribution in [3.05, 3.63) is 51.5 Å². The molecule has 0 aromatic heterocycles. The van der Waals surface area contributed by atoms with Crippen molar-refractivity contribution >= 4 is 56.4 Å². The van der Waals surface area contributed by atoms with Crippen molar-refractivity contribution in [3.63, 3.8) is 0 Å². The molecule has 10 heteroatoms. The largest absolute Gasteiger partial charge is 0.495 e. The van der Waals surface area contributed by atoms with Gasteiger partial charge in [-0.05, 0) is 49.2 Å². The molecule has 1 fully saturated rings. The summed E-state index contributed by atoms with van der Waals surface area (Å²) in [4.78, 5) is 12.8. The number of hydrogen-bond acceptors (Lipinski definition) is 4. The van der Waals surface area contributed by atoms with Crippen LogP contribution in [0.25, 0.3) is 0 Å². The van der Waals surface area contributed by atoms with Gasteiger partial charge in [-0.1, -0.05) is 34.8 Å². The van der Waals surface area contributed by atoms with E-state index in [9.17, 15) is 13.2 Å². The van der Waals surface area contributed by atoms with Crippen LogP contribution in [0.1, 0.15) is 12.8 Å². The zero-order valence-electron chi connectivity index (χ0n) is 15.5. The van der Waals surface area contributed by atoms with Gasteiger partial charge in [-0.3, -0.25) is 4.79 Å². The van der Waals surface area contributed by atoms with Crippen molar-refractivity contribution in [2.45, 2.75) is 17.7 Å². The molecule has 1 heterocycles. The summed E-state index contributed by atoms with van der Waals surface area (Å²) in [7, 11) is -2.34. The van der Waals surface area contributed by atoms with Gasteiger partial charge >= 0.3 is 0 Å². The van der Waals surface area contributed by atoms with Crippen molar-refractivity contribution < 1.29 is 17.9 Å². The summed E-state index contributed by atoms with van der Waals surface area (Å²) in [6, 6.07) is 9.06. The number of hydrogen-bond donors (Lipinski definition) is 1. The molecule has 0 radical (unpaired) electrons. The first-order chi connectivity index (χ1) is 13.7. The lowest BCUT2D eigenvalue weighted by Gasteiger charge is -2.31. The fraction of sp³-hybridized carbons (Fsp3) is 0.316. The van der Waals surface area contributed by atoms with Gasteiger partial charge in [0.05, 0.1) is 33.7 Å². The summed E-state index contributed by atoms with van der Waals surface area (Å²) in [6.07, 6.45) is 1.13. The Bertz CT molecular complexity index is 1030. The van der Waals surface area contributed by atoms with Crippen molar-refractivity contribution in [1.29, 1.82) is 0 Å². The first-order valence-corrected chi connectivity index (χ1v) is 11.4. The van der Waals surface area contributed by atoms with Gasteiger partial charge < -0.3 is 10.1 Å². The Balaban J connectivity index is 1.76. The molecule has 0 aliphatic carbocycles. The highest BCUT2D eigenvalue weighted by Gasteiger charge is 2.33. The zero-order chi connectivity index (χ0) is 21.2. The van der Waals surface area contributed by atoms with Crippen LogP contribution >= 0.6 is 34.8 Å². The van der Waals surface area contributed by atoms with E-state index in [0.29, 0.717) is 40.9 Å². The van der Waals surface area contributed by atoms with Gasteiger partial charge in [-0.2, -0.15) is 4.31 Å². The van der Waals surface area contributed by atoms with Crippen LogP contribution in [0.15, 0.2) is 41.3 Å². The topological polar surface area (TPSA) is 75.7 Å². The van der Waals surface area contributed by atoms with Crippen LogP contribution in [0.5, 0.6) is 5.75 Å². The second kappa shape index (κ2) is 9.10. The number of benzene rings is 2. The molecular weight excluding hydrogens is 459 g/mol. The first-order valence-electron chi connectivity index (χ1n) is 8.82. The van der Waals surface area contributed by atoms with Gasteiger partial charge in [0.15, 0.2) is 0 Å². The van der Waals surface area contributed by atoms with E-state index in [4.69, 9.17) is 39.5 Å². The number of methoxy groups -OCH3 is 1. The van der Waals surface area contributed by atoms with Gasteiger partial charge in [0.2, 0.25) is 15.9 Å². The van der Waals surface area contributed by atoms with Crippen LogP contribution in [0.3, 0.4) is 0 Å². The summed E-state index contributed by atoms with van der Waals surface area (Å²) in [6.45, 7) is 0.393. The van der Waals surface area contributed by atoms with E-state index in [1.54, 1.807) is 18.2 Å². The minimum absolute atomic E-state index is 0.0576. The molecule has 1 aliphatic heterocycles. The Morgan fingerprint density at radius 1 is 1.14 bits per heavy atom. The molecule has 6 nitrogen and oxygen atoms in total. The van der Waals surface area contributed by atoms with Crippen LogP contribution in [-0.2, 0) is 14.8 Å². The van der Waals surface area contributed by atoms with Crippen molar-refractivity contribution in [2.75, 3.05) is 25.5 Å². The summed E-state index contributed by atoms with van der Waals surface area (Å²) in [5.41, 5.74) is 0.395. The van der Waals surface area contributed by atoms with E-state index in [1.807, 2.05) is 0 Å². The molecule has 29 heavy (non-hydrogen) atoms. The van der Waals surface area contributed by atoms with Crippen LogP contribution in [0.2, 0.25) is 15.1 Å². The van der Waals surface area contributed by atoms with Gasteiger partial charge in [-0.25, -0.2) is 8.42 Å². The molecule has 2 aromatic rings. The standard InChI is InChI=1S/C19H19Cl3N2O4S/c1-28-18-7-5-14(10-16(18)22)29(26,27)24-8-2-3-12(11-24)19(25)23-17-9-13(20)4-6-15(17)21/h4-7,9-10,12H,2-3,8,11H2,1H3,(H,23,25). The minimum atomic E-state index is -3.80. The first kappa shape index (κ1) is 22.2. The number of anilines is 1. The molecule has 3 rings (SSSR count). The van der Waals surface area contributed by atoms with E-state index in [2.05, 4.69) is 5.32 Å². The highest BCUT2D eigenvalue weighted by molar-refractivity contribution is 7.89. The van der Waals surface area contributed by atoms with Crippen molar-refractivity contribution in [3.8, 4) is 5.75 Å². The highest BCUT2D eigenvalue weighted by atomic mass is 35.5. The summed E-state index contributed by atoms with van der Waals surface area (Å²) in [5.74, 6) is -0.427. The monoisotopic (exact) mass is 476 g/mol. The molecule has 0 saturated carbocycles. The predicted molar refractivity (Wildman–Crippen MR) is 115 cm³/mol. The van der Waals surface area contributed by atoms with Crippen LogP contribution < -0.4 is 10.1 Å². The number of rotatable bonds is 5. The summed E-state index contributed by atoms with van der Waals surface area (Å²) >= 11 is 18.1. The molecule has 0 spiro atoms. The second-order valence-corrected chi connectivity index (χ2v) is 9.80. The Kier molecular flexibility index (Phi) is 6.96. The van der Waals surface area contributed by atoms with Crippen molar-refractivity contribution in [2.24, 2.45) is 5.92 Å². The quantitative estimate of drug-likeness (QED) is 0.677. The predicted octanol–water partition coefficient (Wildman–Crippen LogP) is 4.69. The zero-order valence-corrected chi connectivity index (χ0v) is 18.6. The molecule has 1 amide bonds. The second-order valence-electron chi connectivity index (χ2n) is 6.61. The number of carbonyl (C=O) groups excluding carboxylic acids is 1. The van der Waals surface area contributed by atoms with E-state index in [0.717, 1.165) is 0 Å². The maximum atomic E-state index is 13.0. The van der Waals surface area contributed by atoms with E-state index in [1.165, 1.54) is 29.6 Å². The third-order valence-corrected chi connectivity index (χ3v) is 7.42. The normalized spacial score (nSPS) is 17.7. The summed E-state index contributed by atoms with van der Waals surface area (Å²) in [5, 5.41) is 3.74. The molecule has 1 saturated heterocycles. The van der Waals surface area contributed by atoms with Crippen LogP contribution in [0, 0.1) is 5.92 Å². The van der Waals surface area contributed by atoms with Crippen LogP contribution in [-0.4, -0.2) is 38.8 Å². The Morgan fingerprint density at radius 2 is 1.90 bits per heavy atom. The number of sulfonamides is 1. The third kappa shape index (κ3) is 4.98. The number of halogens is 3. The van der Waals surface area contributed by atoms with E-state index in [-0.39, 0.29) is 22.4 Å². The number of nitrogens with zero attached hydrogens (tertiary/aromatic N) is 1. The third-order valence-electron chi connectivity index (χ3n) is 4.70. The lowest BCUT2D eigenvalue weighted by atomic mass is 9.99. The molecule has 2 aromatic carbocycles.